The van der Waals surface area contributed by atoms with Crippen molar-refractivity contribution in [2.45, 2.75) is 19.3 Å². The van der Waals surface area contributed by atoms with Crippen molar-refractivity contribution in [3.63, 3.8) is 0 Å². The van der Waals surface area contributed by atoms with E-state index in [1.165, 1.54) is 0 Å². The van der Waals surface area contributed by atoms with Gasteiger partial charge < -0.3 is 20.0 Å². The number of carboxylic acids is 1. The lowest BCUT2D eigenvalue weighted by molar-refractivity contribution is -0.305. The van der Waals surface area contributed by atoms with Crippen LogP contribution in [0.4, 0.5) is 5.69 Å². The third kappa shape index (κ3) is 5.01. The molecule has 0 aliphatic rings. The molecular weight excluding hydrogens is 222 g/mol. The van der Waals surface area contributed by atoms with Gasteiger partial charge in [0.2, 0.25) is 5.91 Å². The van der Waals surface area contributed by atoms with E-state index in [2.05, 4.69) is 5.32 Å². The molecule has 1 aromatic carbocycles. The Morgan fingerprint density at radius 3 is 2.76 bits per heavy atom. The highest BCUT2D eigenvalue weighted by molar-refractivity contribution is 5.91. The van der Waals surface area contributed by atoms with Crippen LogP contribution in [-0.2, 0) is 9.59 Å². The maximum atomic E-state index is 11.4. The van der Waals surface area contributed by atoms with Crippen molar-refractivity contribution in [2.24, 2.45) is 0 Å². The normalized spacial score (nSPS) is 9.71. The highest BCUT2D eigenvalue weighted by atomic mass is 16.5. The number of amides is 1. The van der Waals surface area contributed by atoms with Crippen molar-refractivity contribution in [3.8, 4) is 5.75 Å². The molecule has 0 atom stereocenters. The predicted molar refractivity (Wildman–Crippen MR) is 60.5 cm³/mol. The second kappa shape index (κ2) is 6.52. The van der Waals surface area contributed by atoms with Gasteiger partial charge >= 0.3 is 0 Å². The fourth-order valence-corrected chi connectivity index (χ4v) is 1.32. The van der Waals surface area contributed by atoms with E-state index >= 15 is 0 Å². The molecule has 92 valence electrons. The van der Waals surface area contributed by atoms with Gasteiger partial charge in [0.1, 0.15) is 5.75 Å². The van der Waals surface area contributed by atoms with E-state index in [9.17, 15) is 14.7 Å². The number of methoxy groups -OCH3 is 1. The van der Waals surface area contributed by atoms with Gasteiger partial charge in [0.05, 0.1) is 7.11 Å². The van der Waals surface area contributed by atoms with Gasteiger partial charge in [0.25, 0.3) is 0 Å². The number of hydrogen-bond donors (Lipinski definition) is 1. The summed E-state index contributed by atoms with van der Waals surface area (Å²) in [4.78, 5) is 21.6. The average Bonchev–Trinajstić information content (AvgIpc) is 2.28. The molecule has 0 spiro atoms. The van der Waals surface area contributed by atoms with Crippen molar-refractivity contribution in [3.05, 3.63) is 24.3 Å². The van der Waals surface area contributed by atoms with Gasteiger partial charge in [-0.1, -0.05) is 6.07 Å². The first-order chi connectivity index (χ1) is 8.11. The fraction of sp³-hybridized carbons (Fsp3) is 0.333. The molecule has 5 heteroatoms. The van der Waals surface area contributed by atoms with Gasteiger partial charge in [-0.15, -0.1) is 0 Å². The highest BCUT2D eigenvalue weighted by Crippen LogP contribution is 2.16. The first kappa shape index (κ1) is 13.0. The molecule has 0 aliphatic heterocycles. The highest BCUT2D eigenvalue weighted by Gasteiger charge is 2.03. The topological polar surface area (TPSA) is 78.5 Å². The molecule has 0 aromatic heterocycles. The van der Waals surface area contributed by atoms with Crippen molar-refractivity contribution in [1.82, 2.24) is 0 Å². The summed E-state index contributed by atoms with van der Waals surface area (Å²) in [6.07, 6.45) is 0.328. The number of carbonyl (C=O) groups excluding carboxylic acids is 2. The second-order valence-corrected chi connectivity index (χ2v) is 3.51. The molecule has 0 saturated heterocycles. The van der Waals surface area contributed by atoms with Crippen LogP contribution in [0.5, 0.6) is 5.75 Å². The molecule has 5 nitrogen and oxygen atoms in total. The van der Waals surface area contributed by atoms with E-state index in [0.29, 0.717) is 11.4 Å². The van der Waals surface area contributed by atoms with Gasteiger partial charge in [-0.3, -0.25) is 4.79 Å². The summed E-state index contributed by atoms with van der Waals surface area (Å²) in [7, 11) is 1.54. The summed E-state index contributed by atoms with van der Waals surface area (Å²) in [5.41, 5.74) is 0.628. The Balaban J connectivity index is 2.42. The van der Waals surface area contributed by atoms with E-state index < -0.39 is 5.97 Å². The maximum Gasteiger partial charge on any atom is 0.224 e. The standard InChI is InChI=1S/C12H15NO4/c1-17-10-5-2-4-9(8-10)13-11(14)6-3-7-12(15)16/h2,4-5,8H,3,6-7H2,1H3,(H,13,14)(H,15,16)/p-1. The summed E-state index contributed by atoms with van der Waals surface area (Å²) in [5, 5.41) is 12.8. The van der Waals surface area contributed by atoms with E-state index in [0.717, 1.165) is 0 Å². The van der Waals surface area contributed by atoms with Crippen molar-refractivity contribution < 1.29 is 19.4 Å². The number of benzene rings is 1. The predicted octanol–water partition coefficient (Wildman–Crippen LogP) is 0.554. The number of anilines is 1. The first-order valence-electron chi connectivity index (χ1n) is 5.25. The molecule has 0 bridgehead atoms. The Hall–Kier alpha value is -2.04. The molecule has 1 amide bonds. The number of carbonyl (C=O) groups is 2. The molecule has 0 unspecified atom stereocenters. The van der Waals surface area contributed by atoms with Crippen LogP contribution in [0.3, 0.4) is 0 Å². The lowest BCUT2D eigenvalue weighted by atomic mass is 10.2. The molecule has 0 saturated carbocycles. The van der Waals surface area contributed by atoms with Crippen LogP contribution < -0.4 is 15.2 Å². The zero-order valence-corrected chi connectivity index (χ0v) is 9.56. The summed E-state index contributed by atoms with van der Waals surface area (Å²) >= 11 is 0. The number of hydrogen-bond acceptors (Lipinski definition) is 4. The van der Waals surface area contributed by atoms with Crippen molar-refractivity contribution >= 4 is 17.6 Å². The SMILES string of the molecule is COc1cccc(NC(=O)CCCC(=O)[O-])c1. The Morgan fingerprint density at radius 2 is 2.12 bits per heavy atom. The second-order valence-electron chi connectivity index (χ2n) is 3.51. The van der Waals surface area contributed by atoms with Crippen LogP contribution >= 0.6 is 0 Å². The number of rotatable bonds is 6. The van der Waals surface area contributed by atoms with Crippen LogP contribution in [0.15, 0.2) is 24.3 Å². The zero-order valence-electron chi connectivity index (χ0n) is 9.56. The van der Waals surface area contributed by atoms with Gasteiger partial charge in [0.15, 0.2) is 0 Å². The summed E-state index contributed by atoms with van der Waals surface area (Å²) in [5.74, 6) is -0.712. The largest absolute Gasteiger partial charge is 0.550 e. The molecule has 0 aliphatic carbocycles. The van der Waals surface area contributed by atoms with E-state index in [1.807, 2.05) is 0 Å². The van der Waals surface area contributed by atoms with Crippen LogP contribution in [0, 0.1) is 0 Å². The molecule has 1 rings (SSSR count). The quantitative estimate of drug-likeness (QED) is 0.782. The summed E-state index contributed by atoms with van der Waals surface area (Å²) in [6.45, 7) is 0. The molecule has 0 heterocycles. The van der Waals surface area contributed by atoms with Crippen LogP contribution in [-0.4, -0.2) is 19.0 Å². The third-order valence-corrected chi connectivity index (χ3v) is 2.14. The van der Waals surface area contributed by atoms with Crippen LogP contribution in [0.25, 0.3) is 0 Å². The Kier molecular flexibility index (Phi) is 5.00. The Morgan fingerprint density at radius 1 is 1.35 bits per heavy atom. The lowest BCUT2D eigenvalue weighted by Gasteiger charge is -2.07. The number of carboxylic acid groups (broad SMARTS) is 1. The Labute approximate surface area is 99.4 Å². The van der Waals surface area contributed by atoms with Gasteiger partial charge in [-0.05, 0) is 25.0 Å². The molecular formula is C12H14NO4-. The fourth-order valence-electron chi connectivity index (χ4n) is 1.32. The molecule has 0 radical (unpaired) electrons. The number of nitrogens with one attached hydrogen (secondary N) is 1. The molecule has 1 N–H and O–H groups in total. The van der Waals surface area contributed by atoms with Crippen LogP contribution in [0.2, 0.25) is 0 Å². The molecule has 1 aromatic rings. The average molecular weight is 236 g/mol. The minimum Gasteiger partial charge on any atom is -0.550 e. The lowest BCUT2D eigenvalue weighted by Crippen LogP contribution is -2.22. The third-order valence-electron chi connectivity index (χ3n) is 2.14. The summed E-state index contributed by atoms with van der Waals surface area (Å²) in [6, 6.07) is 6.96. The zero-order chi connectivity index (χ0) is 12.7. The van der Waals surface area contributed by atoms with Gasteiger partial charge in [-0.25, -0.2) is 0 Å². The molecule has 17 heavy (non-hydrogen) atoms. The molecule has 0 fully saturated rings. The van der Waals surface area contributed by atoms with Crippen molar-refractivity contribution in [2.75, 3.05) is 12.4 Å². The number of aliphatic carboxylic acids is 1. The first-order valence-corrected chi connectivity index (χ1v) is 5.25. The number of ether oxygens (including phenoxy) is 1. The van der Waals surface area contributed by atoms with E-state index in [1.54, 1.807) is 31.4 Å². The maximum absolute atomic E-state index is 11.4. The minimum atomic E-state index is -1.14. The smallest absolute Gasteiger partial charge is 0.224 e. The minimum absolute atomic E-state index is 0.106. The van der Waals surface area contributed by atoms with Crippen LogP contribution in [0.1, 0.15) is 19.3 Å². The van der Waals surface area contributed by atoms with E-state index in [4.69, 9.17) is 4.74 Å². The summed E-state index contributed by atoms with van der Waals surface area (Å²) < 4.78 is 5.01. The van der Waals surface area contributed by atoms with Gasteiger partial charge in [-0.2, -0.15) is 0 Å². The van der Waals surface area contributed by atoms with E-state index in [-0.39, 0.29) is 25.2 Å². The Bertz CT molecular complexity index is 403. The monoisotopic (exact) mass is 236 g/mol. The van der Waals surface area contributed by atoms with Gasteiger partial charge in [0, 0.05) is 24.1 Å². The van der Waals surface area contributed by atoms with Crippen molar-refractivity contribution in [1.29, 1.82) is 0 Å².